The molecule has 3 N–H and O–H groups in total. The van der Waals surface area contributed by atoms with E-state index in [1.165, 1.54) is 0 Å². The Morgan fingerprint density at radius 1 is 1.77 bits per heavy atom. The maximum Gasteiger partial charge on any atom is 0.328 e. The number of nitrogens with one attached hydrogen (secondary N) is 1. The van der Waals surface area contributed by atoms with Crippen LogP contribution in [-0.4, -0.2) is 22.1 Å². The first-order chi connectivity index (χ1) is 6.13. The highest BCUT2D eigenvalue weighted by Crippen LogP contribution is 2.02. The molecule has 0 aliphatic carbocycles. The number of hydrogen-bond donors (Lipinski definition) is 2. The van der Waals surface area contributed by atoms with Crippen molar-refractivity contribution in [2.24, 2.45) is 5.73 Å². The van der Waals surface area contributed by atoms with Crippen LogP contribution in [-0.2, 0) is 4.79 Å². The standard InChI is InChI=1S/C7H12N4O2/c1-3-5(8)6(12)10-7-9-4(2)11-13-7/h5H,3,8H2,1-2H3,(H,9,10,11,12)/t5-/m1/s1. The molecule has 0 bridgehead atoms. The van der Waals surface area contributed by atoms with E-state index >= 15 is 0 Å². The summed E-state index contributed by atoms with van der Waals surface area (Å²) >= 11 is 0. The number of hydrogen-bond acceptors (Lipinski definition) is 5. The largest absolute Gasteiger partial charge is 0.328 e. The predicted molar refractivity (Wildman–Crippen MR) is 45.9 cm³/mol. The molecule has 6 nitrogen and oxygen atoms in total. The quantitative estimate of drug-likeness (QED) is 0.692. The van der Waals surface area contributed by atoms with E-state index in [0.717, 1.165) is 0 Å². The Labute approximate surface area is 75.5 Å². The van der Waals surface area contributed by atoms with E-state index < -0.39 is 6.04 Å². The number of aryl methyl sites for hydroxylation is 1. The molecule has 1 amide bonds. The minimum Gasteiger partial charge on any atom is -0.320 e. The topological polar surface area (TPSA) is 94.0 Å². The van der Waals surface area contributed by atoms with Gasteiger partial charge >= 0.3 is 6.01 Å². The van der Waals surface area contributed by atoms with Crippen molar-refractivity contribution in [3.63, 3.8) is 0 Å². The van der Waals surface area contributed by atoms with Gasteiger partial charge in [-0.1, -0.05) is 12.1 Å². The molecule has 0 unspecified atom stereocenters. The third-order valence-electron chi connectivity index (χ3n) is 1.53. The van der Waals surface area contributed by atoms with Gasteiger partial charge in [0.25, 0.3) is 0 Å². The summed E-state index contributed by atoms with van der Waals surface area (Å²) in [5.74, 6) is 0.159. The van der Waals surface area contributed by atoms with Gasteiger partial charge in [-0.3, -0.25) is 10.1 Å². The summed E-state index contributed by atoms with van der Waals surface area (Å²) in [4.78, 5) is 15.0. The maximum absolute atomic E-state index is 11.2. The van der Waals surface area contributed by atoms with Crippen LogP contribution in [0.1, 0.15) is 19.2 Å². The highest BCUT2D eigenvalue weighted by Gasteiger charge is 2.13. The first-order valence-electron chi connectivity index (χ1n) is 4.00. The number of nitrogens with two attached hydrogens (primary N) is 1. The van der Waals surface area contributed by atoms with Gasteiger partial charge < -0.3 is 10.3 Å². The lowest BCUT2D eigenvalue weighted by Gasteiger charge is -2.05. The molecular formula is C7H12N4O2. The summed E-state index contributed by atoms with van der Waals surface area (Å²) in [6, 6.07) is -0.446. The zero-order chi connectivity index (χ0) is 9.84. The average Bonchev–Trinajstić information content (AvgIpc) is 2.49. The molecule has 13 heavy (non-hydrogen) atoms. The van der Waals surface area contributed by atoms with Gasteiger partial charge in [-0.05, 0) is 13.3 Å². The molecule has 0 fully saturated rings. The van der Waals surface area contributed by atoms with E-state index in [4.69, 9.17) is 5.73 Å². The normalized spacial score (nSPS) is 12.5. The van der Waals surface area contributed by atoms with Crippen molar-refractivity contribution in [2.75, 3.05) is 5.32 Å². The Kier molecular flexibility index (Phi) is 2.97. The average molecular weight is 184 g/mol. The van der Waals surface area contributed by atoms with Crippen LogP contribution in [0.15, 0.2) is 4.52 Å². The molecule has 0 saturated carbocycles. The fraction of sp³-hybridized carbons (Fsp3) is 0.571. The first kappa shape index (κ1) is 9.66. The molecule has 0 aliphatic rings. The molecule has 1 heterocycles. The number of amides is 1. The highest BCUT2D eigenvalue weighted by atomic mass is 16.5. The fourth-order valence-electron chi connectivity index (χ4n) is 0.731. The van der Waals surface area contributed by atoms with Crippen molar-refractivity contribution < 1.29 is 9.32 Å². The van der Waals surface area contributed by atoms with Gasteiger partial charge in [0.1, 0.15) is 0 Å². The Morgan fingerprint density at radius 2 is 2.46 bits per heavy atom. The minimum atomic E-state index is -0.535. The van der Waals surface area contributed by atoms with Crippen molar-refractivity contribution in [1.29, 1.82) is 0 Å². The number of carbonyl (C=O) groups is 1. The zero-order valence-electron chi connectivity index (χ0n) is 7.57. The molecule has 1 rings (SSSR count). The smallest absolute Gasteiger partial charge is 0.320 e. The summed E-state index contributed by atoms with van der Waals surface area (Å²) < 4.78 is 4.68. The van der Waals surface area contributed by atoms with Crippen LogP contribution in [0.5, 0.6) is 0 Å². The second-order valence-corrected chi connectivity index (χ2v) is 2.65. The van der Waals surface area contributed by atoms with E-state index in [-0.39, 0.29) is 11.9 Å². The molecular weight excluding hydrogens is 172 g/mol. The number of carbonyl (C=O) groups excluding carboxylic acids is 1. The zero-order valence-corrected chi connectivity index (χ0v) is 7.57. The molecule has 0 saturated heterocycles. The van der Waals surface area contributed by atoms with Crippen LogP contribution in [0, 0.1) is 6.92 Å². The summed E-state index contributed by atoms with van der Waals surface area (Å²) in [5.41, 5.74) is 5.47. The van der Waals surface area contributed by atoms with Crippen molar-refractivity contribution in [3.8, 4) is 0 Å². The number of aromatic nitrogens is 2. The SMILES string of the molecule is CC[C@@H](N)C(=O)Nc1nc(C)no1. The molecule has 72 valence electrons. The van der Waals surface area contributed by atoms with Gasteiger partial charge in [0.15, 0.2) is 5.82 Å². The van der Waals surface area contributed by atoms with Crippen molar-refractivity contribution in [2.45, 2.75) is 26.3 Å². The Morgan fingerprint density at radius 3 is 2.92 bits per heavy atom. The summed E-state index contributed by atoms with van der Waals surface area (Å²) in [6.07, 6.45) is 0.568. The van der Waals surface area contributed by atoms with Gasteiger partial charge in [-0.25, -0.2) is 0 Å². The van der Waals surface area contributed by atoms with Crippen molar-refractivity contribution in [1.82, 2.24) is 10.1 Å². The van der Waals surface area contributed by atoms with E-state index in [9.17, 15) is 4.79 Å². The van der Waals surface area contributed by atoms with Crippen LogP contribution in [0.2, 0.25) is 0 Å². The van der Waals surface area contributed by atoms with Gasteiger partial charge in [0.05, 0.1) is 6.04 Å². The third-order valence-corrected chi connectivity index (χ3v) is 1.53. The molecule has 0 aliphatic heterocycles. The Balaban J connectivity index is 2.54. The lowest BCUT2D eigenvalue weighted by atomic mass is 10.2. The molecule has 6 heteroatoms. The van der Waals surface area contributed by atoms with E-state index in [1.807, 2.05) is 6.92 Å². The Hall–Kier alpha value is -1.43. The summed E-state index contributed by atoms with van der Waals surface area (Å²) in [6.45, 7) is 3.49. The van der Waals surface area contributed by atoms with Gasteiger partial charge in [0, 0.05) is 0 Å². The maximum atomic E-state index is 11.2. The molecule has 1 atom stereocenters. The lowest BCUT2D eigenvalue weighted by Crippen LogP contribution is -2.34. The Bertz CT molecular complexity index is 296. The molecule has 0 spiro atoms. The number of rotatable bonds is 3. The van der Waals surface area contributed by atoms with Gasteiger partial charge in [-0.15, -0.1) is 0 Å². The molecule has 1 aromatic heterocycles. The number of nitrogens with zero attached hydrogens (tertiary/aromatic N) is 2. The molecule has 0 aromatic carbocycles. The molecule has 1 aromatic rings. The van der Waals surface area contributed by atoms with Crippen LogP contribution in [0.3, 0.4) is 0 Å². The van der Waals surface area contributed by atoms with E-state index in [0.29, 0.717) is 12.2 Å². The van der Waals surface area contributed by atoms with Crippen LogP contribution in [0.4, 0.5) is 6.01 Å². The summed E-state index contributed by atoms with van der Waals surface area (Å²) in [7, 11) is 0. The van der Waals surface area contributed by atoms with Crippen molar-refractivity contribution >= 4 is 11.9 Å². The van der Waals surface area contributed by atoms with Crippen LogP contribution in [0.25, 0.3) is 0 Å². The van der Waals surface area contributed by atoms with Gasteiger partial charge in [0.2, 0.25) is 5.91 Å². The highest BCUT2D eigenvalue weighted by molar-refractivity contribution is 5.92. The molecule has 0 radical (unpaired) electrons. The fourth-order valence-corrected chi connectivity index (χ4v) is 0.731. The van der Waals surface area contributed by atoms with Gasteiger partial charge in [-0.2, -0.15) is 4.98 Å². The van der Waals surface area contributed by atoms with E-state index in [1.54, 1.807) is 6.92 Å². The third kappa shape index (κ3) is 2.51. The summed E-state index contributed by atoms with van der Waals surface area (Å²) in [5, 5.41) is 5.92. The van der Waals surface area contributed by atoms with Crippen LogP contribution < -0.4 is 11.1 Å². The second kappa shape index (κ2) is 3.99. The first-order valence-corrected chi connectivity index (χ1v) is 4.00. The number of anilines is 1. The lowest BCUT2D eigenvalue weighted by molar-refractivity contribution is -0.117. The van der Waals surface area contributed by atoms with E-state index in [2.05, 4.69) is 20.0 Å². The van der Waals surface area contributed by atoms with Crippen molar-refractivity contribution in [3.05, 3.63) is 5.82 Å². The predicted octanol–water partition coefficient (Wildman–Crippen LogP) is 0.0538. The monoisotopic (exact) mass is 184 g/mol. The second-order valence-electron chi connectivity index (χ2n) is 2.65. The van der Waals surface area contributed by atoms with Crippen LogP contribution >= 0.6 is 0 Å². The minimum absolute atomic E-state index is 0.0893.